The van der Waals surface area contributed by atoms with Crippen LogP contribution in [0.3, 0.4) is 0 Å². The molecule has 1 aromatic carbocycles. The van der Waals surface area contributed by atoms with Crippen molar-refractivity contribution in [3.63, 3.8) is 0 Å². The molecule has 0 bridgehead atoms. The highest BCUT2D eigenvalue weighted by Crippen LogP contribution is 2.28. The molecule has 1 N–H and O–H groups in total. The molecule has 0 saturated carbocycles. The van der Waals surface area contributed by atoms with Gasteiger partial charge >= 0.3 is 0 Å². The summed E-state index contributed by atoms with van der Waals surface area (Å²) in [7, 11) is 0. The number of ether oxygens (including phenoxy) is 1. The van der Waals surface area contributed by atoms with Gasteiger partial charge in [0.2, 0.25) is 0 Å². The Morgan fingerprint density at radius 3 is 2.77 bits per heavy atom. The van der Waals surface area contributed by atoms with E-state index >= 15 is 0 Å². The van der Waals surface area contributed by atoms with Crippen LogP contribution in [0.4, 0.5) is 5.69 Å². The van der Waals surface area contributed by atoms with Gasteiger partial charge in [0.15, 0.2) is 10.8 Å². The van der Waals surface area contributed by atoms with Gasteiger partial charge in [-0.3, -0.25) is 0 Å². The van der Waals surface area contributed by atoms with Crippen molar-refractivity contribution in [3.05, 3.63) is 29.8 Å². The maximum absolute atomic E-state index is 5.52. The van der Waals surface area contributed by atoms with Gasteiger partial charge in [-0.15, -0.1) is 0 Å². The topological polar surface area (TPSA) is 21.3 Å². The Labute approximate surface area is 82.9 Å². The van der Waals surface area contributed by atoms with E-state index in [0.29, 0.717) is 5.05 Å². The summed E-state index contributed by atoms with van der Waals surface area (Å²) in [6, 6.07) is 7.90. The fraction of sp³-hybridized carbons (Fsp3) is 0.300. The first-order valence-electron chi connectivity index (χ1n) is 4.19. The number of fused-ring (bicyclic) bond motifs is 1. The molecule has 0 radical (unpaired) electrons. The van der Waals surface area contributed by atoms with Crippen LogP contribution >= 0.6 is 12.2 Å². The number of thiocarbonyl (C=S) groups is 1. The molecule has 2 nitrogen and oxygen atoms in total. The number of nitrogens with one attached hydrogen (secondary N) is 1. The number of hydrogen-bond donors (Lipinski definition) is 1. The van der Waals surface area contributed by atoms with Crippen molar-refractivity contribution < 1.29 is 4.74 Å². The van der Waals surface area contributed by atoms with Gasteiger partial charge in [-0.05, 0) is 38.2 Å². The molecule has 0 amide bonds. The van der Waals surface area contributed by atoms with E-state index in [1.807, 2.05) is 38.1 Å². The van der Waals surface area contributed by atoms with Gasteiger partial charge in [-0.1, -0.05) is 12.1 Å². The molecule has 1 aliphatic heterocycles. The summed E-state index contributed by atoms with van der Waals surface area (Å²) >= 11 is 5.15. The second-order valence-corrected chi connectivity index (χ2v) is 3.94. The summed E-state index contributed by atoms with van der Waals surface area (Å²) in [5, 5.41) is 3.83. The monoisotopic (exact) mass is 193 g/mol. The zero-order valence-corrected chi connectivity index (χ0v) is 8.44. The first-order chi connectivity index (χ1) is 6.08. The summed E-state index contributed by atoms with van der Waals surface area (Å²) < 4.78 is 5.52. The van der Waals surface area contributed by atoms with Crippen molar-refractivity contribution in [1.82, 2.24) is 0 Å². The number of para-hydroxylation sites is 1. The molecule has 13 heavy (non-hydrogen) atoms. The van der Waals surface area contributed by atoms with Gasteiger partial charge in [0.25, 0.3) is 0 Å². The van der Waals surface area contributed by atoms with Crippen molar-refractivity contribution in [2.45, 2.75) is 19.6 Å². The summed E-state index contributed by atoms with van der Waals surface area (Å²) in [4.78, 5) is 0. The summed E-state index contributed by atoms with van der Waals surface area (Å²) in [6.45, 7) is 3.91. The molecule has 1 heterocycles. The van der Waals surface area contributed by atoms with Crippen LogP contribution in [0.15, 0.2) is 24.3 Å². The van der Waals surface area contributed by atoms with Crippen LogP contribution in [0.25, 0.3) is 0 Å². The Balaban J connectivity index is 2.49. The minimum Gasteiger partial charge on any atom is -0.458 e. The third-order valence-electron chi connectivity index (χ3n) is 1.93. The quantitative estimate of drug-likeness (QED) is 0.640. The van der Waals surface area contributed by atoms with E-state index in [0.717, 1.165) is 11.3 Å². The first-order valence-corrected chi connectivity index (χ1v) is 4.60. The lowest BCUT2D eigenvalue weighted by atomic mass is 10.1. The molecule has 0 saturated heterocycles. The zero-order valence-electron chi connectivity index (χ0n) is 7.63. The average molecular weight is 193 g/mol. The van der Waals surface area contributed by atoms with Crippen molar-refractivity contribution >= 4 is 23.0 Å². The molecule has 3 heteroatoms. The molecule has 0 aromatic heterocycles. The number of rotatable bonds is 0. The van der Waals surface area contributed by atoms with Crippen LogP contribution in [0.1, 0.15) is 19.4 Å². The van der Waals surface area contributed by atoms with Crippen molar-refractivity contribution in [1.29, 1.82) is 0 Å². The Kier molecular flexibility index (Phi) is 1.77. The molecule has 0 fully saturated rings. The third-order valence-corrected chi connectivity index (χ3v) is 2.23. The molecule has 0 spiro atoms. The third kappa shape index (κ3) is 1.52. The molecule has 0 atom stereocenters. The van der Waals surface area contributed by atoms with Crippen LogP contribution in [0.5, 0.6) is 0 Å². The van der Waals surface area contributed by atoms with Crippen LogP contribution in [0, 0.1) is 0 Å². The normalized spacial score (nSPS) is 18.5. The molecule has 0 unspecified atom stereocenters. The lowest BCUT2D eigenvalue weighted by Gasteiger charge is -2.34. The molecule has 1 aromatic rings. The number of hydrogen-bond acceptors (Lipinski definition) is 3. The smallest absolute Gasteiger partial charge is 0.196 e. The molecule has 1 aliphatic rings. The van der Waals surface area contributed by atoms with Gasteiger partial charge in [-0.25, -0.2) is 0 Å². The highest BCUT2D eigenvalue weighted by Gasteiger charge is 2.28. The van der Waals surface area contributed by atoms with Crippen LogP contribution in [0.2, 0.25) is 0 Å². The largest absolute Gasteiger partial charge is 0.458 e. The second-order valence-electron chi connectivity index (χ2n) is 3.57. The van der Waals surface area contributed by atoms with Gasteiger partial charge in [-0.2, -0.15) is 0 Å². The highest BCUT2D eigenvalue weighted by molar-refractivity contribution is 7.80. The van der Waals surface area contributed by atoms with E-state index in [4.69, 9.17) is 17.0 Å². The van der Waals surface area contributed by atoms with Crippen molar-refractivity contribution in [2.24, 2.45) is 0 Å². The van der Waals surface area contributed by atoms with E-state index in [9.17, 15) is 0 Å². The summed E-state index contributed by atoms with van der Waals surface area (Å²) in [5.41, 5.74) is 1.62. The van der Waals surface area contributed by atoms with Gasteiger partial charge < -0.3 is 10.1 Å². The SMILES string of the molecule is CC1(C)Nc2ccccc2C(=S)O1. The Morgan fingerprint density at radius 2 is 2.00 bits per heavy atom. The van der Waals surface area contributed by atoms with E-state index < -0.39 is 5.72 Å². The maximum atomic E-state index is 5.52. The highest BCUT2D eigenvalue weighted by atomic mass is 32.1. The predicted octanol–water partition coefficient (Wildman–Crippen LogP) is 2.54. The predicted molar refractivity (Wildman–Crippen MR) is 56.9 cm³/mol. The fourth-order valence-corrected chi connectivity index (χ4v) is 1.79. The summed E-state index contributed by atoms with van der Waals surface area (Å²) in [5.74, 6) is 0. The van der Waals surface area contributed by atoms with Crippen molar-refractivity contribution in [2.75, 3.05) is 5.32 Å². The second kappa shape index (κ2) is 2.70. The molecule has 0 aliphatic carbocycles. The Morgan fingerprint density at radius 1 is 1.31 bits per heavy atom. The zero-order chi connectivity index (χ0) is 9.47. The fourth-order valence-electron chi connectivity index (χ4n) is 1.41. The Bertz CT molecular complexity index is 360. The maximum Gasteiger partial charge on any atom is 0.196 e. The molecular formula is C10H11NOS. The lowest BCUT2D eigenvalue weighted by molar-refractivity contribution is 0.127. The van der Waals surface area contributed by atoms with Crippen LogP contribution in [-0.2, 0) is 4.74 Å². The van der Waals surface area contributed by atoms with Crippen molar-refractivity contribution in [3.8, 4) is 0 Å². The Hall–Kier alpha value is -1.09. The summed E-state index contributed by atoms with van der Waals surface area (Å²) in [6.07, 6.45) is 0. The first kappa shape index (κ1) is 8.51. The van der Waals surface area contributed by atoms with E-state index in [1.165, 1.54) is 0 Å². The molecule has 2 rings (SSSR count). The lowest BCUT2D eigenvalue weighted by Crippen LogP contribution is -2.40. The van der Waals surface area contributed by atoms with Gasteiger partial charge in [0, 0.05) is 5.69 Å². The standard InChI is InChI=1S/C10H11NOS/c1-10(2)11-8-6-4-3-5-7(8)9(13)12-10/h3-6,11H,1-2H3. The average Bonchev–Trinajstić information content (AvgIpc) is 2.02. The van der Waals surface area contributed by atoms with Gasteiger partial charge in [0.1, 0.15) is 0 Å². The van der Waals surface area contributed by atoms with E-state index in [2.05, 4.69) is 5.32 Å². The van der Waals surface area contributed by atoms with Gasteiger partial charge in [0.05, 0.1) is 5.56 Å². The minimum absolute atomic E-state index is 0.397. The van der Waals surface area contributed by atoms with Crippen LogP contribution in [-0.4, -0.2) is 10.8 Å². The number of anilines is 1. The molecular weight excluding hydrogens is 182 g/mol. The van der Waals surface area contributed by atoms with Crippen LogP contribution < -0.4 is 5.32 Å². The van der Waals surface area contributed by atoms with E-state index in [-0.39, 0.29) is 0 Å². The van der Waals surface area contributed by atoms with E-state index in [1.54, 1.807) is 0 Å². The number of benzene rings is 1. The molecule has 68 valence electrons. The minimum atomic E-state index is -0.397.